The van der Waals surface area contributed by atoms with Gasteiger partial charge in [0.05, 0.1) is 5.57 Å². The van der Waals surface area contributed by atoms with Crippen molar-refractivity contribution in [3.05, 3.63) is 114 Å². The SMILES string of the molecule is C=CC=CC.CN([Si](=O)CC1C=CC2=C1c1ccccc1C(=C(F)F)c1ccccc12)C(C)(C)C.[Ti+2]. The average molecular weight is 538 g/mol. The Hall–Kier alpha value is -2.47. The second kappa shape index (κ2) is 12.7. The molecule has 2 aromatic rings. The van der Waals surface area contributed by atoms with Gasteiger partial charge in [0.25, 0.3) is 6.08 Å². The number of nitrogens with zero attached hydrogens (tertiary/aromatic N) is 1. The normalized spacial score (nSPS) is 15.6. The summed E-state index contributed by atoms with van der Waals surface area (Å²) >= 11 is 0. The minimum absolute atomic E-state index is 0. The van der Waals surface area contributed by atoms with Crippen molar-refractivity contribution >= 4 is 25.6 Å². The van der Waals surface area contributed by atoms with E-state index in [1.807, 2.05) is 81.8 Å². The zero-order chi connectivity index (χ0) is 25.8. The van der Waals surface area contributed by atoms with E-state index in [2.05, 4.69) is 12.7 Å². The van der Waals surface area contributed by atoms with Crippen molar-refractivity contribution in [2.45, 2.75) is 39.3 Å². The summed E-state index contributed by atoms with van der Waals surface area (Å²) in [4.78, 5) is 0. The molecule has 1 unspecified atom stereocenters. The van der Waals surface area contributed by atoms with E-state index < -0.39 is 14.9 Å². The maximum Gasteiger partial charge on any atom is 2.00 e. The molecular weight excluding hydrogens is 504 g/mol. The van der Waals surface area contributed by atoms with E-state index in [-0.39, 0.29) is 38.7 Å². The van der Waals surface area contributed by atoms with Crippen molar-refractivity contribution in [2.24, 2.45) is 5.92 Å². The van der Waals surface area contributed by atoms with Gasteiger partial charge in [-0.25, -0.2) is 0 Å². The first kappa shape index (κ1) is 29.8. The number of allylic oxidation sites excluding steroid dienone is 7. The topological polar surface area (TPSA) is 20.3 Å². The molecule has 6 heteroatoms. The minimum Gasteiger partial charge on any atom is -0.375 e. The first-order valence-corrected chi connectivity index (χ1v) is 13.4. The summed E-state index contributed by atoms with van der Waals surface area (Å²) in [5.74, 6) is -0.0765. The summed E-state index contributed by atoms with van der Waals surface area (Å²) < 4.78 is 43.4. The Morgan fingerprint density at radius 3 is 2.03 bits per heavy atom. The van der Waals surface area contributed by atoms with Gasteiger partial charge in [0.1, 0.15) is 0 Å². The molecule has 2 nitrogen and oxygen atoms in total. The summed E-state index contributed by atoms with van der Waals surface area (Å²) in [7, 11) is -0.145. The van der Waals surface area contributed by atoms with Gasteiger partial charge in [0.2, 0.25) is 0 Å². The molecule has 0 amide bonds. The number of rotatable bonds is 4. The molecule has 0 aliphatic heterocycles. The van der Waals surface area contributed by atoms with Crippen LogP contribution in [-0.4, -0.2) is 26.0 Å². The van der Waals surface area contributed by atoms with Crippen molar-refractivity contribution in [3.63, 3.8) is 0 Å². The molecule has 1 atom stereocenters. The molecule has 0 fully saturated rings. The second-order valence-corrected chi connectivity index (χ2v) is 11.5. The molecule has 2 aromatic carbocycles. The van der Waals surface area contributed by atoms with E-state index in [4.69, 9.17) is 0 Å². The Morgan fingerprint density at radius 2 is 1.56 bits per heavy atom. The summed E-state index contributed by atoms with van der Waals surface area (Å²) in [6, 6.07) is 15.2. The Balaban J connectivity index is 0.000000694. The first-order chi connectivity index (χ1) is 16.6. The van der Waals surface area contributed by atoms with Gasteiger partial charge in [0, 0.05) is 24.5 Å². The first-order valence-electron chi connectivity index (χ1n) is 11.8. The van der Waals surface area contributed by atoms with Crippen LogP contribution in [0.25, 0.3) is 16.7 Å². The molecule has 0 bridgehead atoms. The monoisotopic (exact) mass is 537 g/mol. The van der Waals surface area contributed by atoms with Gasteiger partial charge >= 0.3 is 30.6 Å². The van der Waals surface area contributed by atoms with Crippen LogP contribution in [-0.2, 0) is 26.2 Å². The molecule has 36 heavy (non-hydrogen) atoms. The Bertz CT molecular complexity index is 1250. The van der Waals surface area contributed by atoms with Crippen LogP contribution < -0.4 is 0 Å². The molecule has 0 spiro atoms. The van der Waals surface area contributed by atoms with Crippen LogP contribution in [0.1, 0.15) is 49.9 Å². The predicted octanol–water partition coefficient (Wildman–Crippen LogP) is 8.15. The number of hydrogen-bond donors (Lipinski definition) is 0. The van der Waals surface area contributed by atoms with Crippen LogP contribution in [0.5, 0.6) is 0 Å². The largest absolute Gasteiger partial charge is 2.00 e. The van der Waals surface area contributed by atoms with E-state index in [9.17, 15) is 13.2 Å². The summed E-state index contributed by atoms with van der Waals surface area (Å²) in [5.41, 5.74) is 4.41. The molecule has 0 saturated carbocycles. The number of halogens is 2. The van der Waals surface area contributed by atoms with Gasteiger partial charge in [-0.2, -0.15) is 8.78 Å². The molecule has 2 aliphatic carbocycles. The molecule has 0 aromatic heterocycles. The zero-order valence-corrected chi connectivity index (χ0v) is 24.2. The van der Waals surface area contributed by atoms with Gasteiger partial charge in [0.15, 0.2) is 0 Å². The Kier molecular flexibility index (Phi) is 10.5. The van der Waals surface area contributed by atoms with Crippen LogP contribution in [0.2, 0.25) is 6.04 Å². The van der Waals surface area contributed by atoms with Gasteiger partial charge in [-0.3, -0.25) is 0 Å². The third-order valence-corrected chi connectivity index (χ3v) is 8.63. The molecular formula is C30H33F2NOSiTi+2. The van der Waals surface area contributed by atoms with E-state index in [1.54, 1.807) is 30.3 Å². The third-order valence-electron chi connectivity index (χ3n) is 6.42. The van der Waals surface area contributed by atoms with Crippen LogP contribution in [0.3, 0.4) is 0 Å². The van der Waals surface area contributed by atoms with Crippen LogP contribution >= 0.6 is 0 Å². The average Bonchev–Trinajstić information content (AvgIpc) is 3.17. The summed E-state index contributed by atoms with van der Waals surface area (Å²) in [5, 5.41) is 0. The van der Waals surface area contributed by atoms with Gasteiger partial charge in [-0.05, 0) is 61.1 Å². The molecule has 0 heterocycles. The Labute approximate surface area is 230 Å². The molecule has 0 N–H and O–H groups in total. The van der Waals surface area contributed by atoms with Gasteiger partial charge in [-0.1, -0.05) is 85.5 Å². The fraction of sp³-hybridized carbons (Fsp3) is 0.267. The summed E-state index contributed by atoms with van der Waals surface area (Å²) in [6.07, 6.45) is 7.99. The maximum absolute atomic E-state index is 14.2. The van der Waals surface area contributed by atoms with Crippen LogP contribution in [0.15, 0.2) is 91.6 Å². The van der Waals surface area contributed by atoms with E-state index in [0.29, 0.717) is 17.2 Å². The maximum atomic E-state index is 14.2. The van der Waals surface area contributed by atoms with E-state index in [0.717, 1.165) is 22.3 Å². The predicted molar refractivity (Wildman–Crippen MR) is 144 cm³/mol. The quantitative estimate of drug-likeness (QED) is 0.290. The van der Waals surface area contributed by atoms with Crippen molar-refractivity contribution in [1.82, 2.24) is 4.57 Å². The van der Waals surface area contributed by atoms with Crippen molar-refractivity contribution in [2.75, 3.05) is 7.05 Å². The fourth-order valence-electron chi connectivity index (χ4n) is 4.40. The van der Waals surface area contributed by atoms with E-state index in [1.165, 1.54) is 0 Å². The van der Waals surface area contributed by atoms with Crippen LogP contribution in [0.4, 0.5) is 8.78 Å². The molecule has 0 saturated heterocycles. The molecule has 4 rings (SSSR count). The molecule has 2 aliphatic rings. The number of benzene rings is 2. The number of hydrogen-bond acceptors (Lipinski definition) is 1. The van der Waals surface area contributed by atoms with Gasteiger partial charge in [-0.15, -0.1) is 0 Å². The van der Waals surface area contributed by atoms with Crippen LogP contribution in [0, 0.1) is 5.92 Å². The van der Waals surface area contributed by atoms with Gasteiger partial charge < -0.3 is 9.03 Å². The summed E-state index contributed by atoms with van der Waals surface area (Å²) in [6.45, 7) is 11.6. The van der Waals surface area contributed by atoms with Crippen molar-refractivity contribution in [1.29, 1.82) is 0 Å². The fourth-order valence-corrected chi connectivity index (χ4v) is 6.14. The Morgan fingerprint density at radius 1 is 1.03 bits per heavy atom. The standard InChI is InChI=1S/C25H25F2NOSi.C5H8.Ti/c1-25(2,3)28(4)30(29)15-16-13-14-21-17-9-5-6-10-18(17)23(24(26)27)20-12-8-7-11-19(20)22(16)21;1-3-5-4-2;/h5-14,16H,15H2,1-4H3;3-5H,1H2,2H3;/q;;+2. The molecule has 0 radical (unpaired) electrons. The third kappa shape index (κ3) is 6.26. The second-order valence-electron chi connectivity index (χ2n) is 9.61. The smallest absolute Gasteiger partial charge is 0.375 e. The van der Waals surface area contributed by atoms with Crippen molar-refractivity contribution < 1.29 is 35.0 Å². The zero-order valence-electron chi connectivity index (χ0n) is 21.6. The minimum atomic E-state index is -2.04. The molecule has 184 valence electrons. The van der Waals surface area contributed by atoms with Crippen molar-refractivity contribution in [3.8, 4) is 0 Å². The number of fused-ring (bicyclic) bond motifs is 4. The van der Waals surface area contributed by atoms with E-state index >= 15 is 0 Å².